The standard InChI is InChI=1S/C33H34Cl2FNO6/c1-4-32(41,21-13-15-43-16-14-21)23-17-26-28(27(36)18-23)33(42-3,22-7-11-25(35)12-8-22)37(30(26)38)29(19(2)31(39)40)20-5-9-24(34)10-6-20/h5-12,17-19,21,29,41H,4,13-16H2,1-3H3,(H,39,40)/t19-,29?,32-,33+/m0/s1. The zero-order valence-electron chi connectivity index (χ0n) is 24.1. The number of rotatable bonds is 9. The van der Waals surface area contributed by atoms with Crippen LogP contribution in [0.15, 0.2) is 60.7 Å². The molecule has 10 heteroatoms. The topological polar surface area (TPSA) is 96.3 Å². The summed E-state index contributed by atoms with van der Waals surface area (Å²) in [6.45, 7) is 4.27. The van der Waals surface area contributed by atoms with Crippen LogP contribution in [-0.4, -0.2) is 47.3 Å². The van der Waals surface area contributed by atoms with Gasteiger partial charge in [-0.05, 0) is 79.6 Å². The second-order valence-corrected chi connectivity index (χ2v) is 12.1. The number of hydrogen-bond donors (Lipinski definition) is 2. The van der Waals surface area contributed by atoms with Crippen molar-refractivity contribution in [3.8, 4) is 0 Å². The molecule has 0 saturated carbocycles. The Morgan fingerprint density at radius 2 is 1.70 bits per heavy atom. The SMILES string of the molecule is CC[C@@](O)(c1cc(F)c2c(c1)C(=O)N(C(c1ccc(Cl)cc1)[C@H](C)C(=O)O)[C@@]2(OC)c1ccc(Cl)cc1)C1CCOCC1. The number of nitrogens with zero attached hydrogens (tertiary/aromatic N) is 1. The Kier molecular flexibility index (Phi) is 8.89. The van der Waals surface area contributed by atoms with E-state index in [1.54, 1.807) is 48.5 Å². The van der Waals surface area contributed by atoms with Crippen LogP contribution < -0.4 is 0 Å². The number of methoxy groups -OCH3 is 1. The zero-order chi connectivity index (χ0) is 31.1. The fourth-order valence-electron chi connectivity index (χ4n) is 6.72. The third-order valence-corrected chi connectivity index (χ3v) is 9.54. The lowest BCUT2D eigenvalue weighted by Crippen LogP contribution is -2.51. The summed E-state index contributed by atoms with van der Waals surface area (Å²) < 4.78 is 28.4. The number of hydrogen-bond acceptors (Lipinski definition) is 5. The number of carboxylic acid groups (broad SMARTS) is 1. The number of ether oxygens (including phenoxy) is 2. The van der Waals surface area contributed by atoms with Crippen LogP contribution in [0.25, 0.3) is 0 Å². The van der Waals surface area contributed by atoms with Crippen molar-refractivity contribution in [2.45, 2.75) is 50.5 Å². The van der Waals surface area contributed by atoms with E-state index < -0.39 is 41.0 Å². The molecule has 43 heavy (non-hydrogen) atoms. The summed E-state index contributed by atoms with van der Waals surface area (Å²) in [5, 5.41) is 23.0. The molecule has 0 aliphatic carbocycles. The Morgan fingerprint density at radius 3 is 2.23 bits per heavy atom. The van der Waals surface area contributed by atoms with E-state index in [1.807, 2.05) is 6.92 Å². The van der Waals surface area contributed by atoms with E-state index in [1.165, 1.54) is 31.1 Å². The van der Waals surface area contributed by atoms with E-state index in [-0.39, 0.29) is 22.6 Å². The third kappa shape index (κ3) is 5.23. The molecule has 0 radical (unpaired) electrons. The van der Waals surface area contributed by atoms with Crippen molar-refractivity contribution >= 4 is 35.1 Å². The van der Waals surface area contributed by atoms with Gasteiger partial charge in [0, 0.05) is 35.9 Å². The first-order chi connectivity index (χ1) is 20.5. The molecule has 7 nitrogen and oxygen atoms in total. The molecular formula is C33H34Cl2FNO6. The van der Waals surface area contributed by atoms with Crippen LogP contribution in [0.5, 0.6) is 0 Å². The number of aliphatic hydroxyl groups is 1. The molecule has 2 N–H and O–H groups in total. The average molecular weight is 631 g/mol. The van der Waals surface area contributed by atoms with Gasteiger partial charge in [-0.25, -0.2) is 4.39 Å². The van der Waals surface area contributed by atoms with Crippen LogP contribution in [0.1, 0.15) is 71.8 Å². The molecule has 0 bridgehead atoms. The lowest BCUT2D eigenvalue weighted by molar-refractivity contribution is -0.149. The summed E-state index contributed by atoms with van der Waals surface area (Å²) in [5.41, 5.74) is -2.21. The number of benzene rings is 3. The lowest BCUT2D eigenvalue weighted by Gasteiger charge is -2.44. The van der Waals surface area contributed by atoms with Gasteiger partial charge < -0.3 is 19.7 Å². The molecule has 2 aliphatic heterocycles. The quantitative estimate of drug-likeness (QED) is 0.267. The minimum absolute atomic E-state index is 0.0118. The maximum atomic E-state index is 16.7. The van der Waals surface area contributed by atoms with Gasteiger partial charge >= 0.3 is 5.97 Å². The minimum atomic E-state index is -1.86. The summed E-state index contributed by atoms with van der Waals surface area (Å²) in [5.74, 6) is -3.89. The Balaban J connectivity index is 1.79. The molecule has 1 unspecified atom stereocenters. The molecule has 0 aromatic heterocycles. The van der Waals surface area contributed by atoms with E-state index in [9.17, 15) is 19.8 Å². The highest BCUT2D eigenvalue weighted by atomic mass is 35.5. The summed E-state index contributed by atoms with van der Waals surface area (Å²) in [6.07, 6.45) is 1.47. The van der Waals surface area contributed by atoms with Crippen molar-refractivity contribution in [1.82, 2.24) is 4.90 Å². The van der Waals surface area contributed by atoms with E-state index in [2.05, 4.69) is 0 Å². The van der Waals surface area contributed by atoms with Crippen molar-refractivity contribution in [1.29, 1.82) is 0 Å². The summed E-state index contributed by atoms with van der Waals surface area (Å²) in [6, 6.07) is 14.7. The number of carbonyl (C=O) groups is 2. The number of carbonyl (C=O) groups excluding carboxylic acids is 1. The van der Waals surface area contributed by atoms with E-state index in [0.717, 1.165) is 0 Å². The highest BCUT2D eigenvalue weighted by molar-refractivity contribution is 6.30. The van der Waals surface area contributed by atoms with Crippen LogP contribution in [0.3, 0.4) is 0 Å². The van der Waals surface area contributed by atoms with Crippen LogP contribution in [-0.2, 0) is 25.6 Å². The fraction of sp³-hybridized carbons (Fsp3) is 0.394. The van der Waals surface area contributed by atoms with Gasteiger partial charge in [-0.15, -0.1) is 0 Å². The molecular weight excluding hydrogens is 596 g/mol. The van der Waals surface area contributed by atoms with Gasteiger partial charge in [0.25, 0.3) is 5.91 Å². The van der Waals surface area contributed by atoms with Gasteiger partial charge in [0.2, 0.25) is 0 Å². The summed E-state index contributed by atoms with van der Waals surface area (Å²) >= 11 is 12.4. The molecule has 3 aromatic rings. The fourth-order valence-corrected chi connectivity index (χ4v) is 6.97. The number of aliphatic carboxylic acids is 1. The maximum Gasteiger partial charge on any atom is 0.308 e. The first kappa shape index (κ1) is 31.4. The van der Waals surface area contributed by atoms with Crippen LogP contribution in [0.4, 0.5) is 4.39 Å². The van der Waals surface area contributed by atoms with Gasteiger partial charge in [0.15, 0.2) is 5.72 Å². The zero-order valence-corrected chi connectivity index (χ0v) is 25.7. The predicted molar refractivity (Wildman–Crippen MR) is 161 cm³/mol. The van der Waals surface area contributed by atoms with Crippen molar-refractivity contribution in [3.05, 3.63) is 104 Å². The predicted octanol–water partition coefficient (Wildman–Crippen LogP) is 6.92. The minimum Gasteiger partial charge on any atom is -0.481 e. The van der Waals surface area contributed by atoms with Crippen LogP contribution in [0, 0.1) is 17.7 Å². The normalized spacial score (nSPS) is 21.7. The highest BCUT2D eigenvalue weighted by Gasteiger charge is 2.58. The van der Waals surface area contributed by atoms with Crippen LogP contribution >= 0.6 is 23.2 Å². The van der Waals surface area contributed by atoms with Crippen molar-refractivity contribution in [3.63, 3.8) is 0 Å². The second-order valence-electron chi connectivity index (χ2n) is 11.2. The van der Waals surface area contributed by atoms with Crippen molar-refractivity contribution in [2.75, 3.05) is 20.3 Å². The monoisotopic (exact) mass is 629 g/mol. The van der Waals surface area contributed by atoms with Gasteiger partial charge in [-0.1, -0.05) is 54.4 Å². The molecule has 2 aliphatic rings. The number of carboxylic acids is 1. The summed E-state index contributed by atoms with van der Waals surface area (Å²) in [7, 11) is 1.35. The number of halogens is 3. The number of amides is 1. The van der Waals surface area contributed by atoms with Crippen molar-refractivity contribution < 1.29 is 33.7 Å². The molecule has 1 amide bonds. The summed E-state index contributed by atoms with van der Waals surface area (Å²) in [4.78, 5) is 28.5. The molecule has 1 saturated heterocycles. The Hall–Kier alpha value is -3.01. The second kappa shape index (κ2) is 12.2. The molecule has 0 spiro atoms. The molecule has 228 valence electrons. The Labute approximate surface area is 260 Å². The smallest absolute Gasteiger partial charge is 0.308 e. The maximum absolute atomic E-state index is 16.7. The molecule has 4 atom stereocenters. The highest BCUT2D eigenvalue weighted by Crippen LogP contribution is 2.53. The Bertz CT molecular complexity index is 1510. The molecule has 5 rings (SSSR count). The molecule has 2 heterocycles. The van der Waals surface area contributed by atoms with Gasteiger partial charge in [0.1, 0.15) is 5.82 Å². The first-order valence-electron chi connectivity index (χ1n) is 14.3. The Morgan fingerprint density at radius 1 is 1.12 bits per heavy atom. The van der Waals surface area contributed by atoms with Gasteiger partial charge in [0.05, 0.1) is 28.7 Å². The van der Waals surface area contributed by atoms with E-state index in [0.29, 0.717) is 53.6 Å². The van der Waals surface area contributed by atoms with Gasteiger partial charge in [-0.2, -0.15) is 0 Å². The first-order valence-corrected chi connectivity index (χ1v) is 15.0. The van der Waals surface area contributed by atoms with E-state index in [4.69, 9.17) is 32.7 Å². The average Bonchev–Trinajstić information content (AvgIpc) is 3.27. The van der Waals surface area contributed by atoms with Gasteiger partial charge in [-0.3, -0.25) is 14.5 Å². The lowest BCUT2D eigenvalue weighted by atomic mass is 9.74. The molecule has 3 aromatic carbocycles. The van der Waals surface area contributed by atoms with Crippen molar-refractivity contribution in [2.24, 2.45) is 11.8 Å². The largest absolute Gasteiger partial charge is 0.481 e. The van der Waals surface area contributed by atoms with Crippen LogP contribution in [0.2, 0.25) is 10.0 Å². The third-order valence-electron chi connectivity index (χ3n) is 9.04. The molecule has 1 fully saturated rings. The van der Waals surface area contributed by atoms with E-state index >= 15 is 4.39 Å². The number of fused-ring (bicyclic) bond motifs is 1.